The predicted molar refractivity (Wildman–Crippen MR) is 109 cm³/mol. The molecular weight excluding hydrogens is 420 g/mol. The van der Waals surface area contributed by atoms with E-state index in [4.69, 9.17) is 0 Å². The van der Waals surface area contributed by atoms with E-state index in [0.717, 1.165) is 12.1 Å². The minimum atomic E-state index is -0.736. The summed E-state index contributed by atoms with van der Waals surface area (Å²) in [6.45, 7) is 2.11. The number of aromatic nitrogens is 7. The molecule has 0 bridgehead atoms. The molecule has 0 spiro atoms. The standard InChI is InChI=1S/C20H17F2N9O/c21-13-1-2-14(15(22)9-13)16-10-17(26-25-16)20(32)30-7-5-29(6-8-30)18-3-4-19(28-27-18)31-12-23-11-24-31/h1-4,9-12H,5-8H2,(H,25,26). The van der Waals surface area contributed by atoms with E-state index in [1.807, 2.05) is 11.0 Å². The van der Waals surface area contributed by atoms with Gasteiger partial charge in [-0.15, -0.1) is 10.2 Å². The lowest BCUT2D eigenvalue weighted by Gasteiger charge is -2.34. The van der Waals surface area contributed by atoms with Crippen LogP contribution in [0.3, 0.4) is 0 Å². The molecule has 162 valence electrons. The van der Waals surface area contributed by atoms with Gasteiger partial charge in [0.25, 0.3) is 5.91 Å². The van der Waals surface area contributed by atoms with Crippen molar-refractivity contribution in [1.29, 1.82) is 0 Å². The maximum Gasteiger partial charge on any atom is 0.272 e. The second-order valence-corrected chi connectivity index (χ2v) is 7.16. The number of hydrogen-bond acceptors (Lipinski definition) is 7. The fourth-order valence-electron chi connectivity index (χ4n) is 3.51. The lowest BCUT2D eigenvalue weighted by Crippen LogP contribution is -2.49. The van der Waals surface area contributed by atoms with Gasteiger partial charge in [0.1, 0.15) is 30.0 Å². The van der Waals surface area contributed by atoms with Crippen molar-refractivity contribution < 1.29 is 13.6 Å². The van der Waals surface area contributed by atoms with Gasteiger partial charge in [0.15, 0.2) is 11.6 Å². The van der Waals surface area contributed by atoms with Gasteiger partial charge in [0, 0.05) is 37.8 Å². The number of amides is 1. The molecule has 1 aliphatic rings. The maximum atomic E-state index is 14.0. The van der Waals surface area contributed by atoms with Gasteiger partial charge in [-0.3, -0.25) is 9.89 Å². The number of aromatic amines is 1. The van der Waals surface area contributed by atoms with Crippen molar-refractivity contribution in [2.45, 2.75) is 0 Å². The Morgan fingerprint density at radius 2 is 1.75 bits per heavy atom. The number of hydrogen-bond donors (Lipinski definition) is 1. The molecule has 0 radical (unpaired) electrons. The Labute approximate surface area is 180 Å². The third kappa shape index (κ3) is 3.77. The summed E-state index contributed by atoms with van der Waals surface area (Å²) in [5.41, 5.74) is 0.612. The van der Waals surface area contributed by atoms with Gasteiger partial charge in [-0.2, -0.15) is 10.2 Å². The van der Waals surface area contributed by atoms with E-state index in [-0.39, 0.29) is 22.9 Å². The Kier molecular flexibility index (Phi) is 5.01. The van der Waals surface area contributed by atoms with E-state index >= 15 is 0 Å². The van der Waals surface area contributed by atoms with Crippen LogP contribution in [0.4, 0.5) is 14.6 Å². The van der Waals surface area contributed by atoms with Gasteiger partial charge >= 0.3 is 0 Å². The van der Waals surface area contributed by atoms with Crippen molar-refractivity contribution in [3.63, 3.8) is 0 Å². The van der Waals surface area contributed by atoms with Crippen LogP contribution >= 0.6 is 0 Å². The van der Waals surface area contributed by atoms with E-state index in [0.29, 0.717) is 37.8 Å². The average Bonchev–Trinajstić information content (AvgIpc) is 3.52. The zero-order valence-corrected chi connectivity index (χ0v) is 16.7. The number of nitrogens with zero attached hydrogens (tertiary/aromatic N) is 8. The Bertz CT molecular complexity index is 1230. The molecule has 0 unspecified atom stereocenters. The highest BCUT2D eigenvalue weighted by Crippen LogP contribution is 2.23. The fraction of sp³-hybridized carbons (Fsp3) is 0.200. The highest BCUT2D eigenvalue weighted by Gasteiger charge is 2.25. The zero-order valence-electron chi connectivity index (χ0n) is 16.7. The van der Waals surface area contributed by atoms with Crippen LogP contribution in [0.1, 0.15) is 10.5 Å². The lowest BCUT2D eigenvalue weighted by molar-refractivity contribution is 0.0740. The molecule has 5 rings (SSSR count). The molecule has 32 heavy (non-hydrogen) atoms. The molecule has 10 nitrogen and oxygen atoms in total. The molecule has 1 saturated heterocycles. The van der Waals surface area contributed by atoms with Crippen LogP contribution in [0.2, 0.25) is 0 Å². The van der Waals surface area contributed by atoms with E-state index < -0.39 is 11.6 Å². The van der Waals surface area contributed by atoms with Crippen LogP contribution in [-0.2, 0) is 0 Å². The highest BCUT2D eigenvalue weighted by atomic mass is 19.1. The summed E-state index contributed by atoms with van der Waals surface area (Å²) in [7, 11) is 0. The Balaban J connectivity index is 1.23. The molecule has 3 aromatic heterocycles. The highest BCUT2D eigenvalue weighted by molar-refractivity contribution is 5.93. The van der Waals surface area contributed by atoms with Gasteiger partial charge in [-0.05, 0) is 30.3 Å². The Morgan fingerprint density at radius 3 is 2.44 bits per heavy atom. The number of halogens is 2. The average molecular weight is 437 g/mol. The SMILES string of the molecule is O=C(c1cc(-c2ccc(F)cc2F)n[nH]1)N1CCN(c2ccc(-n3cncn3)nn2)CC1. The van der Waals surface area contributed by atoms with Gasteiger partial charge in [0.2, 0.25) is 0 Å². The molecule has 12 heteroatoms. The fourth-order valence-corrected chi connectivity index (χ4v) is 3.51. The summed E-state index contributed by atoms with van der Waals surface area (Å²) >= 11 is 0. The number of H-pyrrole nitrogens is 1. The first-order valence-electron chi connectivity index (χ1n) is 9.82. The van der Waals surface area contributed by atoms with Crippen molar-refractivity contribution >= 4 is 11.7 Å². The summed E-state index contributed by atoms with van der Waals surface area (Å²) < 4.78 is 28.6. The smallest absolute Gasteiger partial charge is 0.272 e. The van der Waals surface area contributed by atoms with Crippen molar-refractivity contribution in [2.24, 2.45) is 0 Å². The molecule has 1 fully saturated rings. The van der Waals surface area contributed by atoms with Crippen LogP contribution in [-0.4, -0.2) is 72.1 Å². The molecule has 4 heterocycles. The number of carbonyl (C=O) groups excluding carboxylic acids is 1. The third-order valence-corrected chi connectivity index (χ3v) is 5.20. The Hall–Kier alpha value is -4.22. The van der Waals surface area contributed by atoms with Crippen LogP contribution in [0.5, 0.6) is 0 Å². The number of nitrogens with one attached hydrogen (secondary N) is 1. The number of anilines is 1. The summed E-state index contributed by atoms with van der Waals surface area (Å²) in [4.78, 5) is 20.4. The van der Waals surface area contributed by atoms with Gasteiger partial charge in [0.05, 0.1) is 5.69 Å². The molecule has 1 aromatic carbocycles. The first-order chi connectivity index (χ1) is 15.6. The zero-order chi connectivity index (χ0) is 22.1. The molecule has 1 aliphatic heterocycles. The predicted octanol–water partition coefficient (Wildman–Crippen LogP) is 1.69. The van der Waals surface area contributed by atoms with E-state index in [2.05, 4.69) is 30.5 Å². The summed E-state index contributed by atoms with van der Waals surface area (Å²) in [5, 5.41) is 19.1. The first-order valence-corrected chi connectivity index (χ1v) is 9.82. The molecular formula is C20H17F2N9O. The van der Waals surface area contributed by atoms with Crippen LogP contribution in [0, 0.1) is 11.6 Å². The number of rotatable bonds is 4. The minimum Gasteiger partial charge on any atom is -0.352 e. The third-order valence-electron chi connectivity index (χ3n) is 5.20. The van der Waals surface area contributed by atoms with Crippen LogP contribution in [0.15, 0.2) is 49.1 Å². The molecule has 1 amide bonds. The Morgan fingerprint density at radius 1 is 0.969 bits per heavy atom. The summed E-state index contributed by atoms with van der Waals surface area (Å²) in [6, 6.07) is 8.35. The van der Waals surface area contributed by atoms with Gasteiger partial charge in [-0.1, -0.05) is 0 Å². The van der Waals surface area contributed by atoms with Crippen molar-refractivity contribution in [1.82, 2.24) is 40.1 Å². The van der Waals surface area contributed by atoms with Gasteiger partial charge < -0.3 is 9.80 Å². The topological polar surface area (TPSA) is 109 Å². The van der Waals surface area contributed by atoms with Crippen LogP contribution in [0.25, 0.3) is 17.1 Å². The maximum absolute atomic E-state index is 14.0. The quantitative estimate of drug-likeness (QED) is 0.518. The minimum absolute atomic E-state index is 0.124. The molecule has 0 saturated carbocycles. The largest absolute Gasteiger partial charge is 0.352 e. The molecule has 0 aliphatic carbocycles. The normalized spacial score (nSPS) is 14.1. The van der Waals surface area contributed by atoms with Crippen LogP contribution < -0.4 is 4.90 Å². The molecule has 4 aromatic rings. The lowest BCUT2D eigenvalue weighted by atomic mass is 10.1. The van der Waals surface area contributed by atoms with E-state index in [1.165, 1.54) is 23.1 Å². The number of carbonyl (C=O) groups is 1. The number of benzene rings is 1. The molecule has 1 N–H and O–H groups in total. The van der Waals surface area contributed by atoms with E-state index in [1.54, 1.807) is 17.3 Å². The monoisotopic (exact) mass is 437 g/mol. The second kappa shape index (κ2) is 8.13. The van der Waals surface area contributed by atoms with Crippen molar-refractivity contribution in [2.75, 3.05) is 31.1 Å². The van der Waals surface area contributed by atoms with E-state index in [9.17, 15) is 13.6 Å². The van der Waals surface area contributed by atoms with Crippen molar-refractivity contribution in [3.8, 4) is 17.1 Å². The molecule has 0 atom stereocenters. The number of piperazine rings is 1. The van der Waals surface area contributed by atoms with Gasteiger partial charge in [-0.25, -0.2) is 18.4 Å². The summed E-state index contributed by atoms with van der Waals surface area (Å²) in [5.74, 6) is -0.378. The second-order valence-electron chi connectivity index (χ2n) is 7.16. The summed E-state index contributed by atoms with van der Waals surface area (Å²) in [6.07, 6.45) is 2.96. The van der Waals surface area contributed by atoms with Crippen molar-refractivity contribution in [3.05, 3.63) is 66.4 Å². The first kappa shape index (κ1) is 19.7.